The minimum Gasteiger partial charge on any atom is -0.324 e. The molecule has 8 heteroatoms. The fourth-order valence-corrected chi connectivity index (χ4v) is 2.83. The van der Waals surface area contributed by atoms with Crippen molar-refractivity contribution in [2.75, 3.05) is 17.3 Å². The number of rotatable bonds is 6. The topological polar surface area (TPSA) is 115 Å². The first-order chi connectivity index (χ1) is 9.66. The molecule has 1 aromatic carbocycles. The van der Waals surface area contributed by atoms with Gasteiger partial charge in [0.1, 0.15) is 0 Å². The third-order valence-electron chi connectivity index (χ3n) is 3.20. The average Bonchev–Trinajstić information content (AvgIpc) is 2.39. The van der Waals surface area contributed by atoms with Crippen LogP contribution >= 0.6 is 11.8 Å². The zero-order valence-electron chi connectivity index (χ0n) is 12.3. The zero-order valence-corrected chi connectivity index (χ0v) is 14.0. The second kappa shape index (κ2) is 7.26. The summed E-state index contributed by atoms with van der Waals surface area (Å²) in [5.41, 5.74) is 7.73. The van der Waals surface area contributed by atoms with Crippen LogP contribution in [0, 0.1) is 13.8 Å². The molecule has 0 saturated carbocycles. The van der Waals surface area contributed by atoms with Gasteiger partial charge in [-0.3, -0.25) is 4.79 Å². The Morgan fingerprint density at radius 1 is 1.38 bits per heavy atom. The molecule has 0 saturated heterocycles. The zero-order chi connectivity index (χ0) is 16.2. The van der Waals surface area contributed by atoms with E-state index in [-0.39, 0.29) is 10.8 Å². The summed E-state index contributed by atoms with van der Waals surface area (Å²) in [4.78, 5) is 12.0. The van der Waals surface area contributed by atoms with Crippen molar-refractivity contribution in [3.8, 4) is 0 Å². The first kappa shape index (κ1) is 18.0. The molecule has 21 heavy (non-hydrogen) atoms. The van der Waals surface area contributed by atoms with Crippen molar-refractivity contribution in [1.29, 1.82) is 0 Å². The number of carbonyl (C=O) groups is 1. The lowest BCUT2D eigenvalue weighted by molar-refractivity contribution is -0.117. The van der Waals surface area contributed by atoms with Crippen LogP contribution in [0.4, 0.5) is 5.69 Å². The molecular formula is C13H21N3O3S2. The van der Waals surface area contributed by atoms with Crippen molar-refractivity contribution < 1.29 is 13.2 Å². The molecule has 6 nitrogen and oxygen atoms in total. The van der Waals surface area contributed by atoms with Gasteiger partial charge in [0.15, 0.2) is 0 Å². The van der Waals surface area contributed by atoms with Crippen LogP contribution in [-0.2, 0) is 14.8 Å². The third-order valence-corrected chi connectivity index (χ3v) is 4.73. The highest BCUT2D eigenvalue weighted by atomic mass is 32.2. The second-order valence-corrected chi connectivity index (χ2v) is 7.38. The summed E-state index contributed by atoms with van der Waals surface area (Å²) in [6.07, 6.45) is 2.49. The Morgan fingerprint density at radius 2 is 2.00 bits per heavy atom. The van der Waals surface area contributed by atoms with Gasteiger partial charge >= 0.3 is 0 Å². The van der Waals surface area contributed by atoms with Crippen LogP contribution in [0.25, 0.3) is 0 Å². The SMILES string of the molecule is CSCC[C@H](N)C(=O)Nc1cc(S(N)(=O)=O)cc(C)c1C. The van der Waals surface area contributed by atoms with Crippen molar-refractivity contribution >= 4 is 33.4 Å². The van der Waals surface area contributed by atoms with Gasteiger partial charge in [-0.25, -0.2) is 13.6 Å². The summed E-state index contributed by atoms with van der Waals surface area (Å²) in [7, 11) is -3.82. The quantitative estimate of drug-likeness (QED) is 0.718. The minimum absolute atomic E-state index is 0.0291. The molecule has 0 aromatic heterocycles. The Balaban J connectivity index is 3.03. The van der Waals surface area contributed by atoms with Crippen molar-refractivity contribution in [2.24, 2.45) is 10.9 Å². The highest BCUT2D eigenvalue weighted by Crippen LogP contribution is 2.23. The van der Waals surface area contributed by atoms with Gasteiger partial charge in [0, 0.05) is 5.69 Å². The van der Waals surface area contributed by atoms with Crippen LogP contribution in [0.1, 0.15) is 17.5 Å². The van der Waals surface area contributed by atoms with E-state index in [0.717, 1.165) is 16.9 Å². The van der Waals surface area contributed by atoms with E-state index in [1.165, 1.54) is 12.1 Å². The predicted molar refractivity (Wildman–Crippen MR) is 86.9 cm³/mol. The molecule has 0 heterocycles. The lowest BCUT2D eigenvalue weighted by Crippen LogP contribution is -2.36. The number of anilines is 1. The Morgan fingerprint density at radius 3 is 2.52 bits per heavy atom. The van der Waals surface area contributed by atoms with Crippen LogP contribution in [0.15, 0.2) is 17.0 Å². The number of benzene rings is 1. The molecule has 0 fully saturated rings. The molecule has 0 radical (unpaired) electrons. The molecule has 5 N–H and O–H groups in total. The van der Waals surface area contributed by atoms with Gasteiger partial charge in [0.05, 0.1) is 10.9 Å². The molecule has 1 amide bonds. The fourth-order valence-electron chi connectivity index (χ4n) is 1.72. The molecule has 0 spiro atoms. The van der Waals surface area contributed by atoms with Gasteiger partial charge in [0.25, 0.3) is 0 Å². The molecule has 1 rings (SSSR count). The molecule has 0 aliphatic rings. The lowest BCUT2D eigenvalue weighted by Gasteiger charge is -2.15. The number of amides is 1. The predicted octanol–water partition coefficient (Wildman–Crippen LogP) is 0.970. The highest BCUT2D eigenvalue weighted by molar-refractivity contribution is 7.98. The van der Waals surface area contributed by atoms with Crippen LogP contribution in [0.5, 0.6) is 0 Å². The molecule has 0 bridgehead atoms. The molecule has 0 aliphatic carbocycles. The van der Waals surface area contributed by atoms with E-state index in [2.05, 4.69) is 5.32 Å². The molecule has 0 aliphatic heterocycles. The van der Waals surface area contributed by atoms with E-state index in [4.69, 9.17) is 10.9 Å². The molecule has 1 atom stereocenters. The molecule has 0 unspecified atom stereocenters. The van der Waals surface area contributed by atoms with E-state index in [1.54, 1.807) is 25.6 Å². The monoisotopic (exact) mass is 331 g/mol. The highest BCUT2D eigenvalue weighted by Gasteiger charge is 2.17. The Kier molecular flexibility index (Phi) is 6.21. The molecular weight excluding hydrogens is 310 g/mol. The van der Waals surface area contributed by atoms with Gasteiger partial charge in [-0.15, -0.1) is 0 Å². The summed E-state index contributed by atoms with van der Waals surface area (Å²) in [6.45, 7) is 3.55. The Hall–Kier alpha value is -1.09. The smallest absolute Gasteiger partial charge is 0.241 e. The number of primary sulfonamides is 1. The standard InChI is InChI=1S/C13H21N3O3S2/c1-8-6-10(21(15,18)19)7-12(9(8)2)16-13(17)11(14)4-5-20-3/h6-7,11H,4-5,14H2,1-3H3,(H,16,17)(H2,15,18,19)/t11-/m0/s1. The number of aryl methyl sites for hydroxylation is 1. The number of hydrogen-bond donors (Lipinski definition) is 3. The number of sulfonamides is 1. The number of hydrogen-bond acceptors (Lipinski definition) is 5. The van der Waals surface area contributed by atoms with Gasteiger partial charge in [-0.05, 0) is 55.5 Å². The summed E-state index contributed by atoms with van der Waals surface area (Å²) >= 11 is 1.61. The van der Waals surface area contributed by atoms with Crippen molar-refractivity contribution in [3.05, 3.63) is 23.3 Å². The van der Waals surface area contributed by atoms with Gasteiger partial charge in [-0.2, -0.15) is 11.8 Å². The van der Waals surface area contributed by atoms with Crippen LogP contribution in [-0.4, -0.2) is 32.4 Å². The van der Waals surface area contributed by atoms with E-state index in [1.807, 2.05) is 6.26 Å². The lowest BCUT2D eigenvalue weighted by atomic mass is 10.1. The van der Waals surface area contributed by atoms with E-state index < -0.39 is 16.1 Å². The maximum absolute atomic E-state index is 12.0. The minimum atomic E-state index is -3.82. The summed E-state index contributed by atoms with van der Waals surface area (Å²) in [6, 6.07) is 2.21. The van der Waals surface area contributed by atoms with E-state index in [0.29, 0.717) is 12.1 Å². The molecule has 118 valence electrons. The van der Waals surface area contributed by atoms with E-state index >= 15 is 0 Å². The average molecular weight is 331 g/mol. The van der Waals surface area contributed by atoms with Crippen LogP contribution in [0.3, 0.4) is 0 Å². The summed E-state index contributed by atoms with van der Waals surface area (Å²) in [5.74, 6) is 0.446. The maximum Gasteiger partial charge on any atom is 0.241 e. The van der Waals surface area contributed by atoms with Crippen LogP contribution in [0.2, 0.25) is 0 Å². The van der Waals surface area contributed by atoms with Crippen molar-refractivity contribution in [1.82, 2.24) is 0 Å². The number of nitrogens with two attached hydrogens (primary N) is 2. The van der Waals surface area contributed by atoms with Crippen molar-refractivity contribution in [2.45, 2.75) is 31.2 Å². The van der Waals surface area contributed by atoms with Gasteiger partial charge in [0.2, 0.25) is 15.9 Å². The first-order valence-electron chi connectivity index (χ1n) is 6.36. The summed E-state index contributed by atoms with van der Waals surface area (Å²) in [5, 5.41) is 7.81. The summed E-state index contributed by atoms with van der Waals surface area (Å²) < 4.78 is 22.9. The van der Waals surface area contributed by atoms with Gasteiger partial charge in [-0.1, -0.05) is 0 Å². The van der Waals surface area contributed by atoms with Gasteiger partial charge < -0.3 is 11.1 Å². The first-order valence-corrected chi connectivity index (χ1v) is 9.30. The number of thioether (sulfide) groups is 1. The largest absolute Gasteiger partial charge is 0.324 e. The Bertz CT molecular complexity index is 630. The normalized spacial score (nSPS) is 13.0. The maximum atomic E-state index is 12.0. The van der Waals surface area contributed by atoms with E-state index in [9.17, 15) is 13.2 Å². The van der Waals surface area contributed by atoms with Crippen LogP contribution < -0.4 is 16.2 Å². The van der Waals surface area contributed by atoms with Crippen molar-refractivity contribution in [3.63, 3.8) is 0 Å². The molecule has 1 aromatic rings. The third kappa shape index (κ3) is 4.99. The number of nitrogens with one attached hydrogen (secondary N) is 1. The fraction of sp³-hybridized carbons (Fsp3) is 0.462. The number of carbonyl (C=O) groups excluding carboxylic acids is 1. The second-order valence-electron chi connectivity index (χ2n) is 4.83. The Labute approximate surface area is 129 Å².